The number of amides is 1. The van der Waals surface area contributed by atoms with Gasteiger partial charge in [0.2, 0.25) is 0 Å². The molecule has 1 aromatic rings. The van der Waals surface area contributed by atoms with Crippen LogP contribution in [0.25, 0.3) is 6.08 Å². The summed E-state index contributed by atoms with van der Waals surface area (Å²) in [6.45, 7) is 0. The number of carboxylic acid groups (broad SMARTS) is 2. The van der Waals surface area contributed by atoms with Crippen LogP contribution in [0.15, 0.2) is 47.4 Å². The van der Waals surface area contributed by atoms with Crippen LogP contribution in [0.3, 0.4) is 0 Å². The summed E-state index contributed by atoms with van der Waals surface area (Å²) in [5.41, 5.74) is 0.943. The fraction of sp³-hybridized carbons (Fsp3) is 0.125. The minimum atomic E-state index is -1.51. The minimum absolute atomic E-state index is 0.0352. The number of aliphatic carboxylic acids is 2. The highest BCUT2D eigenvalue weighted by atomic mass is 32.2. The van der Waals surface area contributed by atoms with Gasteiger partial charge in [0.25, 0.3) is 5.91 Å². The molecular weight excluding hydrogens is 350 g/mol. The van der Waals surface area contributed by atoms with E-state index in [9.17, 15) is 14.4 Å². The molecule has 6 nitrogen and oxygen atoms in total. The van der Waals surface area contributed by atoms with Gasteiger partial charge in [-0.05, 0) is 11.6 Å². The number of carboxylic acids is 2. The first-order valence-corrected chi connectivity index (χ1v) is 8.06. The van der Waals surface area contributed by atoms with Crippen LogP contribution in [0.5, 0.6) is 0 Å². The van der Waals surface area contributed by atoms with E-state index in [-0.39, 0.29) is 9.23 Å². The van der Waals surface area contributed by atoms with Crippen molar-refractivity contribution in [3.8, 4) is 0 Å². The van der Waals surface area contributed by atoms with Crippen molar-refractivity contribution in [3.05, 3.63) is 53.0 Å². The number of allylic oxidation sites excluding steroid dienone is 2. The van der Waals surface area contributed by atoms with E-state index in [4.69, 9.17) is 22.4 Å². The van der Waals surface area contributed by atoms with Crippen molar-refractivity contribution >= 4 is 52.2 Å². The molecule has 1 heterocycles. The van der Waals surface area contributed by atoms with E-state index in [1.165, 1.54) is 6.08 Å². The maximum Gasteiger partial charge on any atom is 0.327 e. The van der Waals surface area contributed by atoms with Gasteiger partial charge in [-0.1, -0.05) is 66.5 Å². The molecular formula is C16H13NO5S2. The lowest BCUT2D eigenvalue weighted by molar-refractivity contribution is -0.150. The number of hydrogen-bond acceptors (Lipinski definition) is 5. The summed E-state index contributed by atoms with van der Waals surface area (Å²) in [4.78, 5) is 35.5. The van der Waals surface area contributed by atoms with E-state index in [1.807, 2.05) is 30.3 Å². The third-order valence-corrected chi connectivity index (χ3v) is 4.47. The lowest BCUT2D eigenvalue weighted by Gasteiger charge is -2.21. The van der Waals surface area contributed by atoms with E-state index < -0.39 is 30.3 Å². The van der Waals surface area contributed by atoms with Crippen LogP contribution in [0.4, 0.5) is 0 Å². The highest BCUT2D eigenvalue weighted by molar-refractivity contribution is 8.26. The summed E-state index contributed by atoms with van der Waals surface area (Å²) >= 11 is 5.98. The van der Waals surface area contributed by atoms with Gasteiger partial charge in [-0.2, -0.15) is 0 Å². The third kappa shape index (κ3) is 4.30. The lowest BCUT2D eigenvalue weighted by atomic mass is 10.2. The largest absolute Gasteiger partial charge is 0.481 e. The maximum absolute atomic E-state index is 12.3. The number of thioether (sulfide) groups is 1. The summed E-state index contributed by atoms with van der Waals surface area (Å²) in [5, 5.41) is 18.0. The zero-order valence-corrected chi connectivity index (χ0v) is 13.9. The smallest absolute Gasteiger partial charge is 0.327 e. The van der Waals surface area contributed by atoms with Gasteiger partial charge in [-0.25, -0.2) is 4.79 Å². The van der Waals surface area contributed by atoms with Crippen LogP contribution < -0.4 is 0 Å². The van der Waals surface area contributed by atoms with Crippen molar-refractivity contribution in [3.63, 3.8) is 0 Å². The molecule has 0 bridgehead atoms. The Balaban J connectivity index is 2.18. The van der Waals surface area contributed by atoms with Gasteiger partial charge in [-0.3, -0.25) is 14.5 Å². The molecule has 0 spiro atoms. The predicted molar refractivity (Wildman–Crippen MR) is 94.3 cm³/mol. The number of benzene rings is 1. The van der Waals surface area contributed by atoms with E-state index in [2.05, 4.69) is 0 Å². The monoisotopic (exact) mass is 363 g/mol. The van der Waals surface area contributed by atoms with Crippen molar-refractivity contribution in [2.75, 3.05) is 0 Å². The van der Waals surface area contributed by atoms with Crippen LogP contribution in [-0.2, 0) is 14.4 Å². The molecule has 0 unspecified atom stereocenters. The summed E-state index contributed by atoms with van der Waals surface area (Å²) in [6, 6.07) is 7.91. The molecule has 1 aromatic carbocycles. The van der Waals surface area contributed by atoms with Crippen LogP contribution in [0, 0.1) is 0 Å². The normalized spacial score (nSPS) is 17.7. The quantitative estimate of drug-likeness (QED) is 0.592. The van der Waals surface area contributed by atoms with Gasteiger partial charge in [-0.15, -0.1) is 0 Å². The number of carbonyl (C=O) groups excluding carboxylic acids is 1. The van der Waals surface area contributed by atoms with E-state index in [0.717, 1.165) is 22.2 Å². The zero-order valence-electron chi connectivity index (χ0n) is 12.3. The summed E-state index contributed by atoms with van der Waals surface area (Å²) < 4.78 is 0.0352. The predicted octanol–water partition coefficient (Wildman–Crippen LogP) is 2.37. The number of rotatable bonds is 6. The fourth-order valence-electron chi connectivity index (χ4n) is 2.03. The zero-order chi connectivity index (χ0) is 17.7. The van der Waals surface area contributed by atoms with Crippen molar-refractivity contribution in [2.45, 2.75) is 12.5 Å². The first-order valence-electron chi connectivity index (χ1n) is 6.83. The molecule has 2 N–H and O–H groups in total. The highest BCUT2D eigenvalue weighted by Crippen LogP contribution is 2.33. The highest BCUT2D eigenvalue weighted by Gasteiger charge is 2.41. The molecule has 2 rings (SSSR count). The topological polar surface area (TPSA) is 94.9 Å². The number of carbonyl (C=O) groups is 3. The van der Waals surface area contributed by atoms with Crippen LogP contribution in [0.2, 0.25) is 0 Å². The molecule has 1 saturated heterocycles. The Kier molecular flexibility index (Phi) is 5.88. The van der Waals surface area contributed by atoms with E-state index in [1.54, 1.807) is 12.2 Å². The van der Waals surface area contributed by atoms with Gasteiger partial charge in [0.1, 0.15) is 10.4 Å². The molecule has 8 heteroatoms. The molecule has 0 saturated carbocycles. The Bertz CT molecular complexity index is 742. The molecule has 1 aliphatic rings. The third-order valence-electron chi connectivity index (χ3n) is 3.12. The molecule has 1 aliphatic heterocycles. The maximum atomic E-state index is 12.3. The molecule has 124 valence electrons. The number of hydrogen-bond donors (Lipinski definition) is 2. The second-order valence-corrected chi connectivity index (χ2v) is 6.47. The Morgan fingerprint density at radius 2 is 1.92 bits per heavy atom. The van der Waals surface area contributed by atoms with Gasteiger partial charge in [0, 0.05) is 0 Å². The van der Waals surface area contributed by atoms with Gasteiger partial charge in [0.15, 0.2) is 0 Å². The number of thiocarbonyl (C=S) groups is 1. The fourth-order valence-corrected chi connectivity index (χ4v) is 3.34. The van der Waals surface area contributed by atoms with Gasteiger partial charge in [0.05, 0.1) is 11.3 Å². The Morgan fingerprint density at radius 3 is 2.50 bits per heavy atom. The summed E-state index contributed by atoms with van der Waals surface area (Å²) in [7, 11) is 0. The van der Waals surface area contributed by atoms with Crippen molar-refractivity contribution in [1.82, 2.24) is 4.90 Å². The van der Waals surface area contributed by atoms with E-state index in [0.29, 0.717) is 0 Å². The van der Waals surface area contributed by atoms with Gasteiger partial charge < -0.3 is 10.2 Å². The molecule has 0 aromatic heterocycles. The molecule has 24 heavy (non-hydrogen) atoms. The average Bonchev–Trinajstić information content (AvgIpc) is 2.80. The van der Waals surface area contributed by atoms with Crippen molar-refractivity contribution < 1.29 is 24.6 Å². The van der Waals surface area contributed by atoms with E-state index >= 15 is 0 Å². The summed E-state index contributed by atoms with van der Waals surface area (Å²) in [6.07, 6.45) is 4.27. The summed E-state index contributed by atoms with van der Waals surface area (Å²) in [5.74, 6) is -3.32. The Labute approximate surface area is 147 Å². The Hall–Kier alpha value is -2.45. The molecule has 1 atom stereocenters. The molecule has 1 fully saturated rings. The first kappa shape index (κ1) is 17.9. The second kappa shape index (κ2) is 7.89. The van der Waals surface area contributed by atoms with Crippen molar-refractivity contribution in [1.29, 1.82) is 0 Å². The SMILES string of the molecule is O=C(O)C[C@@H](C(=O)O)N1C(=O)/C(=C/C=C/c2ccccc2)SC1=S. The van der Waals surface area contributed by atoms with Crippen LogP contribution in [-0.4, -0.2) is 43.3 Å². The minimum Gasteiger partial charge on any atom is -0.481 e. The van der Waals surface area contributed by atoms with Crippen LogP contribution in [0.1, 0.15) is 12.0 Å². The standard InChI is InChI=1S/C16H13NO5S2/c18-13(19)9-11(15(21)22)17-14(20)12(24-16(17)23)8-4-7-10-5-2-1-3-6-10/h1-8,11H,9H2,(H,18,19)(H,21,22)/b7-4+,12-8-/t11-/m0/s1. The first-order chi connectivity index (χ1) is 11.4. The van der Waals surface area contributed by atoms with Gasteiger partial charge >= 0.3 is 11.9 Å². The number of nitrogens with zero attached hydrogens (tertiary/aromatic N) is 1. The average molecular weight is 363 g/mol. The molecule has 1 amide bonds. The lowest BCUT2D eigenvalue weighted by Crippen LogP contribution is -2.45. The van der Waals surface area contributed by atoms with Crippen LogP contribution >= 0.6 is 24.0 Å². The second-order valence-electron chi connectivity index (χ2n) is 4.80. The molecule has 0 aliphatic carbocycles. The Morgan fingerprint density at radius 1 is 1.25 bits per heavy atom. The van der Waals surface area contributed by atoms with Crippen molar-refractivity contribution in [2.24, 2.45) is 0 Å². The molecule has 0 radical (unpaired) electrons.